The second-order valence-electron chi connectivity index (χ2n) is 12.4. The summed E-state index contributed by atoms with van der Waals surface area (Å²) in [4.78, 5) is 38.0. The highest BCUT2D eigenvalue weighted by atomic mass is 32.1. The summed E-state index contributed by atoms with van der Waals surface area (Å²) in [7, 11) is 0. The fourth-order valence-electron chi connectivity index (χ4n) is 6.26. The van der Waals surface area contributed by atoms with Crippen molar-refractivity contribution < 1.29 is 19.1 Å². The smallest absolute Gasteiger partial charge is 0.264 e. The number of hydrogen-bond acceptors (Lipinski definition) is 7. The first-order valence-electron chi connectivity index (χ1n) is 16.0. The Morgan fingerprint density at radius 2 is 2.00 bits per heavy atom. The number of thiophene rings is 1. The lowest BCUT2D eigenvalue weighted by atomic mass is 10.0. The maximum atomic E-state index is 13.8. The van der Waals surface area contributed by atoms with Crippen LogP contribution >= 0.6 is 11.3 Å². The van der Waals surface area contributed by atoms with Crippen molar-refractivity contribution in [3.63, 3.8) is 0 Å². The predicted molar refractivity (Wildman–Crippen MR) is 188 cm³/mol. The molecule has 2 N–H and O–H groups in total. The zero-order valence-electron chi connectivity index (χ0n) is 27.5. The van der Waals surface area contributed by atoms with Crippen molar-refractivity contribution in [3.8, 4) is 23.3 Å². The molecule has 3 aromatic heterocycles. The zero-order chi connectivity index (χ0) is 34.0. The minimum atomic E-state index is -0.750. The third-order valence-corrected chi connectivity index (χ3v) is 9.44. The number of piperidine rings is 1. The first kappa shape index (κ1) is 32.7. The van der Waals surface area contributed by atoms with Gasteiger partial charge in [0.2, 0.25) is 0 Å². The van der Waals surface area contributed by atoms with Gasteiger partial charge in [0.15, 0.2) is 0 Å². The van der Waals surface area contributed by atoms with Gasteiger partial charge in [0.25, 0.3) is 11.8 Å². The number of nitrogens with zero attached hydrogens (tertiary/aromatic N) is 4. The molecule has 0 bridgehead atoms. The molecule has 0 unspecified atom stereocenters. The number of carbonyl (C=O) groups is 2. The Balaban J connectivity index is 1.26. The van der Waals surface area contributed by atoms with E-state index >= 15 is 0 Å². The van der Waals surface area contributed by atoms with E-state index in [0.29, 0.717) is 48.4 Å². The fraction of sp³-hybridized carbons (Fsp3) is 0.297. The Bertz CT molecular complexity index is 2140. The van der Waals surface area contributed by atoms with E-state index in [0.717, 1.165) is 38.5 Å². The van der Waals surface area contributed by atoms with E-state index in [1.54, 1.807) is 17.2 Å². The summed E-state index contributed by atoms with van der Waals surface area (Å²) >= 11 is 1.31. The van der Waals surface area contributed by atoms with Gasteiger partial charge in [0, 0.05) is 31.9 Å². The van der Waals surface area contributed by atoms with Gasteiger partial charge < -0.3 is 24.7 Å². The Labute approximate surface area is 282 Å². The third-order valence-electron chi connectivity index (χ3n) is 8.35. The SMILES string of the molecule is C=c1[nH]c2c(C(=O)N[C@@H]3CCCN(C(=O)/C(C#N)=C/C(C)(C)OCC)C3)sc3nccc(c32)n1-c1ccc(Oc2ccccc2)cc1C. The van der Waals surface area contributed by atoms with E-state index in [1.165, 1.54) is 11.3 Å². The van der Waals surface area contributed by atoms with Crippen LogP contribution in [0.15, 0.2) is 72.4 Å². The minimum absolute atomic E-state index is 0.0360. The van der Waals surface area contributed by atoms with E-state index < -0.39 is 5.60 Å². The number of pyridine rings is 1. The maximum absolute atomic E-state index is 13.8. The zero-order valence-corrected chi connectivity index (χ0v) is 28.3. The van der Waals surface area contributed by atoms with Crippen molar-refractivity contribution in [2.75, 3.05) is 19.7 Å². The third kappa shape index (κ3) is 6.63. The van der Waals surface area contributed by atoms with Crippen LogP contribution in [0.2, 0.25) is 0 Å². The molecule has 10 nitrogen and oxygen atoms in total. The van der Waals surface area contributed by atoms with E-state index in [1.807, 2.05) is 92.9 Å². The molecule has 5 aromatic rings. The number of amides is 2. The van der Waals surface area contributed by atoms with E-state index in [4.69, 9.17) is 9.47 Å². The summed E-state index contributed by atoms with van der Waals surface area (Å²) in [6.07, 6.45) is 4.73. The van der Waals surface area contributed by atoms with Crippen LogP contribution in [0, 0.1) is 18.3 Å². The van der Waals surface area contributed by atoms with Gasteiger partial charge in [-0.15, -0.1) is 11.3 Å². The highest BCUT2D eigenvalue weighted by molar-refractivity contribution is 7.21. The molecule has 6 rings (SSSR count). The summed E-state index contributed by atoms with van der Waals surface area (Å²) < 4.78 is 13.8. The lowest BCUT2D eigenvalue weighted by molar-refractivity contribution is -0.128. The molecule has 1 aliphatic rings. The Morgan fingerprint density at radius 1 is 1.21 bits per heavy atom. The van der Waals surface area contributed by atoms with Gasteiger partial charge in [-0.1, -0.05) is 24.8 Å². The van der Waals surface area contributed by atoms with Crippen molar-refractivity contribution >= 4 is 51.0 Å². The van der Waals surface area contributed by atoms with Crippen LogP contribution in [0.5, 0.6) is 11.5 Å². The van der Waals surface area contributed by atoms with Gasteiger partial charge in [-0.25, -0.2) is 4.98 Å². The number of carbonyl (C=O) groups excluding carboxylic acids is 2. The van der Waals surface area contributed by atoms with Gasteiger partial charge in [-0.2, -0.15) is 5.26 Å². The van der Waals surface area contributed by atoms with Crippen molar-refractivity contribution in [3.05, 3.63) is 88.4 Å². The number of H-pyrrole nitrogens is 1. The molecular weight excluding hydrogens is 625 g/mol. The number of nitrogens with one attached hydrogen (secondary N) is 2. The van der Waals surface area contributed by atoms with Crippen LogP contribution in [0.3, 0.4) is 0 Å². The van der Waals surface area contributed by atoms with E-state index in [2.05, 4.69) is 21.9 Å². The van der Waals surface area contributed by atoms with Gasteiger partial charge in [0.1, 0.15) is 38.3 Å². The molecule has 4 heterocycles. The van der Waals surface area contributed by atoms with E-state index in [9.17, 15) is 14.9 Å². The lowest BCUT2D eigenvalue weighted by Crippen LogP contribution is -2.50. The summed E-state index contributed by atoms with van der Waals surface area (Å²) in [5.41, 5.74) is 3.33. The topological polar surface area (TPSA) is 125 Å². The van der Waals surface area contributed by atoms with Crippen LogP contribution < -0.4 is 15.5 Å². The molecule has 0 radical (unpaired) electrons. The Morgan fingerprint density at radius 3 is 2.73 bits per heavy atom. The van der Waals surface area contributed by atoms with Crippen LogP contribution in [-0.4, -0.2) is 62.6 Å². The molecule has 2 aromatic carbocycles. The standard InChI is InChI=1S/C37H38N6O4S/c1-6-46-37(4,5)20-25(21-38)36(45)42-18-10-11-26(22-42)41-34(44)33-32-31-30(16-17-39-35(31)48-33)43(24(3)40-32)29-15-14-28(19-23(29)2)47-27-12-8-7-9-13-27/h7-9,12-17,19-20,26,40H,3,6,10-11,18,22H2,1-2,4-5H3,(H,41,44)/b25-20+/t26-/m1/s1. The number of aromatic amines is 1. The number of para-hydroxylation sites is 1. The number of aryl methyl sites for hydroxylation is 1. The predicted octanol–water partition coefficient (Wildman–Crippen LogP) is 6.35. The molecule has 1 saturated heterocycles. The number of benzene rings is 2. The molecule has 1 atom stereocenters. The van der Waals surface area contributed by atoms with Crippen molar-refractivity contribution in [1.82, 2.24) is 24.8 Å². The highest BCUT2D eigenvalue weighted by Crippen LogP contribution is 2.35. The lowest BCUT2D eigenvalue weighted by Gasteiger charge is -2.33. The molecular formula is C37H38N6O4S. The van der Waals surface area contributed by atoms with Crippen LogP contribution in [0.25, 0.3) is 33.5 Å². The molecule has 0 spiro atoms. The number of aromatic nitrogens is 3. The minimum Gasteiger partial charge on any atom is -0.457 e. The number of likely N-dealkylation sites (tertiary alicyclic amines) is 1. The maximum Gasteiger partial charge on any atom is 0.264 e. The summed E-state index contributed by atoms with van der Waals surface area (Å²) in [6, 6.07) is 19.3. The molecule has 246 valence electrons. The first-order valence-corrected chi connectivity index (χ1v) is 16.8. The summed E-state index contributed by atoms with van der Waals surface area (Å²) in [5.74, 6) is 0.878. The number of ether oxygens (including phenoxy) is 2. The normalized spacial score (nSPS) is 15.4. The molecule has 1 fully saturated rings. The van der Waals surface area contributed by atoms with Crippen LogP contribution in [-0.2, 0) is 9.53 Å². The van der Waals surface area contributed by atoms with Crippen molar-refractivity contribution in [2.45, 2.75) is 52.2 Å². The number of nitriles is 1. The average molecular weight is 663 g/mol. The van der Waals surface area contributed by atoms with E-state index in [-0.39, 0.29) is 23.4 Å². The van der Waals surface area contributed by atoms with Crippen LogP contribution in [0.1, 0.15) is 48.8 Å². The van der Waals surface area contributed by atoms with Gasteiger partial charge >= 0.3 is 0 Å². The van der Waals surface area contributed by atoms with Gasteiger partial charge in [-0.05, 0) is 88.6 Å². The average Bonchev–Trinajstić information content (AvgIpc) is 3.44. The van der Waals surface area contributed by atoms with Crippen LogP contribution in [0.4, 0.5) is 0 Å². The summed E-state index contributed by atoms with van der Waals surface area (Å²) in [5, 5.41) is 13.7. The number of rotatable bonds is 9. The second kappa shape index (κ2) is 13.5. The molecule has 0 saturated carbocycles. The highest BCUT2D eigenvalue weighted by Gasteiger charge is 2.30. The fourth-order valence-corrected chi connectivity index (χ4v) is 7.29. The molecule has 0 aliphatic carbocycles. The molecule has 11 heteroatoms. The second-order valence-corrected chi connectivity index (χ2v) is 13.4. The Kier molecular flexibility index (Phi) is 9.22. The van der Waals surface area contributed by atoms with Gasteiger partial charge in [0.05, 0.1) is 27.7 Å². The molecule has 1 aliphatic heterocycles. The number of hydrogen-bond donors (Lipinski definition) is 2. The summed E-state index contributed by atoms with van der Waals surface area (Å²) in [6.45, 7) is 13.1. The van der Waals surface area contributed by atoms with Crippen molar-refractivity contribution in [2.24, 2.45) is 0 Å². The molecule has 2 amide bonds. The quantitative estimate of drug-likeness (QED) is 0.140. The monoisotopic (exact) mass is 662 g/mol. The first-order chi connectivity index (χ1) is 23.1. The largest absolute Gasteiger partial charge is 0.457 e. The van der Waals surface area contributed by atoms with Gasteiger partial charge in [-0.3, -0.25) is 14.2 Å². The molecule has 48 heavy (non-hydrogen) atoms. The van der Waals surface area contributed by atoms with Crippen molar-refractivity contribution in [1.29, 1.82) is 5.26 Å². The Hall–Kier alpha value is -5.18.